The van der Waals surface area contributed by atoms with Crippen molar-refractivity contribution in [1.82, 2.24) is 0 Å². The van der Waals surface area contributed by atoms with Crippen LogP contribution in [0.15, 0.2) is 48.5 Å². The minimum atomic E-state index is -0.772. The van der Waals surface area contributed by atoms with Crippen molar-refractivity contribution in [1.29, 1.82) is 0 Å². The first kappa shape index (κ1) is 16.0. The summed E-state index contributed by atoms with van der Waals surface area (Å²) in [5.74, 6) is -1.25. The van der Waals surface area contributed by atoms with Crippen molar-refractivity contribution in [2.45, 2.75) is 0 Å². The molecule has 0 aliphatic carbocycles. The molecule has 8 heteroatoms. The minimum Gasteiger partial charge on any atom is -0.465 e. The molecule has 0 radical (unpaired) electrons. The van der Waals surface area contributed by atoms with Crippen LogP contribution in [0, 0.1) is 10.1 Å². The number of carbonyl (C=O) groups is 2. The zero-order chi connectivity index (χ0) is 16.8. The van der Waals surface area contributed by atoms with E-state index in [1.54, 1.807) is 0 Å². The molecule has 0 saturated heterocycles. The third kappa shape index (κ3) is 4.03. The predicted octanol–water partition coefficient (Wildman–Crippen LogP) is 2.57. The molecule has 23 heavy (non-hydrogen) atoms. The number of nitro groups is 1. The van der Waals surface area contributed by atoms with Gasteiger partial charge >= 0.3 is 11.9 Å². The molecule has 0 bridgehead atoms. The fourth-order valence-electron chi connectivity index (χ4n) is 1.70. The molecule has 0 fully saturated rings. The van der Waals surface area contributed by atoms with Gasteiger partial charge in [-0.3, -0.25) is 10.1 Å². The second-order valence-corrected chi connectivity index (χ2v) is 4.37. The van der Waals surface area contributed by atoms with E-state index in [1.807, 2.05) is 0 Å². The van der Waals surface area contributed by atoms with E-state index in [0.717, 1.165) is 6.07 Å². The van der Waals surface area contributed by atoms with Gasteiger partial charge in [0.2, 0.25) is 0 Å². The van der Waals surface area contributed by atoms with Gasteiger partial charge in [0.05, 0.1) is 28.8 Å². The number of benzene rings is 2. The summed E-state index contributed by atoms with van der Waals surface area (Å²) in [5, 5.41) is 10.7. The van der Waals surface area contributed by atoms with Crippen molar-refractivity contribution in [3.05, 3.63) is 69.8 Å². The number of nitrogens with one attached hydrogen (secondary N) is 1. The van der Waals surface area contributed by atoms with Crippen LogP contribution < -0.4 is 5.48 Å². The average Bonchev–Trinajstić information content (AvgIpc) is 2.59. The van der Waals surface area contributed by atoms with Crippen molar-refractivity contribution in [2.75, 3.05) is 12.6 Å². The van der Waals surface area contributed by atoms with Crippen LogP contribution in [0.25, 0.3) is 0 Å². The maximum atomic E-state index is 11.8. The number of rotatable bonds is 5. The number of anilines is 1. The van der Waals surface area contributed by atoms with Crippen LogP contribution in [0.5, 0.6) is 0 Å². The van der Waals surface area contributed by atoms with Gasteiger partial charge in [-0.15, -0.1) is 0 Å². The van der Waals surface area contributed by atoms with E-state index in [2.05, 4.69) is 10.2 Å². The molecule has 0 atom stereocenters. The number of nitrogens with zero attached hydrogens (tertiary/aromatic N) is 1. The molecule has 0 aliphatic rings. The molecule has 0 spiro atoms. The van der Waals surface area contributed by atoms with E-state index in [4.69, 9.17) is 4.84 Å². The van der Waals surface area contributed by atoms with Crippen LogP contribution >= 0.6 is 0 Å². The molecule has 2 aromatic carbocycles. The van der Waals surface area contributed by atoms with E-state index < -0.39 is 16.9 Å². The van der Waals surface area contributed by atoms with Gasteiger partial charge < -0.3 is 9.57 Å². The monoisotopic (exact) mass is 316 g/mol. The summed E-state index contributed by atoms with van der Waals surface area (Å²) >= 11 is 0. The lowest BCUT2D eigenvalue weighted by Gasteiger charge is -2.07. The number of esters is 1. The number of methoxy groups -OCH3 is 1. The SMILES string of the molecule is COC(=O)c1ccc(NOC(=O)c2cccc([N+](=O)[O-])c2)cc1. The Balaban J connectivity index is 2.00. The van der Waals surface area contributed by atoms with Crippen LogP contribution in [-0.4, -0.2) is 24.0 Å². The number of non-ortho nitro benzene ring substituents is 1. The summed E-state index contributed by atoms with van der Waals surface area (Å²) in [6, 6.07) is 11.2. The maximum absolute atomic E-state index is 11.8. The summed E-state index contributed by atoms with van der Waals surface area (Å²) in [7, 11) is 1.27. The quantitative estimate of drug-likeness (QED) is 0.513. The Kier molecular flexibility index (Phi) is 4.88. The van der Waals surface area contributed by atoms with Crippen molar-refractivity contribution >= 4 is 23.3 Å². The van der Waals surface area contributed by atoms with Crippen molar-refractivity contribution in [2.24, 2.45) is 0 Å². The van der Waals surface area contributed by atoms with Crippen LogP contribution in [0.2, 0.25) is 0 Å². The largest absolute Gasteiger partial charge is 0.465 e. The second-order valence-electron chi connectivity index (χ2n) is 4.37. The first-order valence-electron chi connectivity index (χ1n) is 6.41. The molecule has 0 saturated carbocycles. The van der Waals surface area contributed by atoms with Crippen molar-refractivity contribution < 1.29 is 24.1 Å². The van der Waals surface area contributed by atoms with E-state index in [9.17, 15) is 19.7 Å². The van der Waals surface area contributed by atoms with Crippen LogP contribution in [0.3, 0.4) is 0 Å². The molecule has 2 rings (SSSR count). The topological polar surface area (TPSA) is 108 Å². The molecule has 1 N–H and O–H groups in total. The zero-order valence-electron chi connectivity index (χ0n) is 12.0. The number of hydrogen-bond donors (Lipinski definition) is 1. The Hall–Kier alpha value is -3.42. The van der Waals surface area contributed by atoms with Gasteiger partial charge in [-0.05, 0) is 30.3 Å². The predicted molar refractivity (Wildman–Crippen MR) is 79.9 cm³/mol. The molecular weight excluding hydrogens is 304 g/mol. The summed E-state index contributed by atoms with van der Waals surface area (Å²) in [4.78, 5) is 38.0. The highest BCUT2D eigenvalue weighted by atomic mass is 16.7. The number of hydrogen-bond acceptors (Lipinski definition) is 7. The van der Waals surface area contributed by atoms with Gasteiger partial charge in [0.15, 0.2) is 0 Å². The molecule has 2 aromatic rings. The first-order chi connectivity index (χ1) is 11.0. The van der Waals surface area contributed by atoms with Crippen molar-refractivity contribution in [3.8, 4) is 0 Å². The summed E-state index contributed by atoms with van der Waals surface area (Å²) < 4.78 is 4.56. The summed E-state index contributed by atoms with van der Waals surface area (Å²) in [6.07, 6.45) is 0. The van der Waals surface area contributed by atoms with Gasteiger partial charge in [0, 0.05) is 12.1 Å². The molecule has 0 aliphatic heterocycles. The molecular formula is C15H12N2O6. The smallest absolute Gasteiger partial charge is 0.363 e. The van der Waals surface area contributed by atoms with Gasteiger partial charge in [0.25, 0.3) is 5.69 Å². The zero-order valence-corrected chi connectivity index (χ0v) is 12.0. The third-order valence-corrected chi connectivity index (χ3v) is 2.86. The Morgan fingerprint density at radius 1 is 1.04 bits per heavy atom. The van der Waals surface area contributed by atoms with Gasteiger partial charge in [-0.25, -0.2) is 15.1 Å². The molecule has 0 amide bonds. The molecule has 8 nitrogen and oxygen atoms in total. The minimum absolute atomic E-state index is 0.0397. The van der Waals surface area contributed by atoms with Gasteiger partial charge in [-0.1, -0.05) is 6.07 Å². The highest BCUT2D eigenvalue weighted by Crippen LogP contribution is 2.15. The highest BCUT2D eigenvalue weighted by molar-refractivity contribution is 5.91. The lowest BCUT2D eigenvalue weighted by molar-refractivity contribution is -0.384. The number of nitro benzene ring substituents is 1. The van der Waals surface area contributed by atoms with Crippen molar-refractivity contribution in [3.63, 3.8) is 0 Å². The molecule has 0 heterocycles. The number of carbonyl (C=O) groups excluding carboxylic acids is 2. The third-order valence-electron chi connectivity index (χ3n) is 2.86. The Morgan fingerprint density at radius 2 is 1.74 bits per heavy atom. The normalized spacial score (nSPS) is 9.78. The molecule has 0 aromatic heterocycles. The number of ether oxygens (including phenoxy) is 1. The van der Waals surface area contributed by atoms with Crippen LogP contribution in [0.1, 0.15) is 20.7 Å². The lowest BCUT2D eigenvalue weighted by Crippen LogP contribution is -2.11. The van der Waals surface area contributed by atoms with E-state index in [0.29, 0.717) is 11.3 Å². The Labute approximate surface area is 130 Å². The van der Waals surface area contributed by atoms with Gasteiger partial charge in [-0.2, -0.15) is 0 Å². The highest BCUT2D eigenvalue weighted by Gasteiger charge is 2.13. The Morgan fingerprint density at radius 3 is 2.35 bits per heavy atom. The average molecular weight is 316 g/mol. The lowest BCUT2D eigenvalue weighted by atomic mass is 10.2. The maximum Gasteiger partial charge on any atom is 0.363 e. The van der Waals surface area contributed by atoms with E-state index >= 15 is 0 Å². The second kappa shape index (κ2) is 7.03. The molecule has 118 valence electrons. The van der Waals surface area contributed by atoms with Gasteiger partial charge in [0.1, 0.15) is 0 Å². The van der Waals surface area contributed by atoms with Crippen LogP contribution in [0.4, 0.5) is 11.4 Å². The van der Waals surface area contributed by atoms with E-state index in [-0.39, 0.29) is 11.3 Å². The molecule has 0 unspecified atom stereocenters. The Bertz CT molecular complexity index is 742. The summed E-state index contributed by atoms with van der Waals surface area (Å²) in [6.45, 7) is 0. The fourth-order valence-corrected chi connectivity index (χ4v) is 1.70. The standard InChI is InChI=1S/C15H12N2O6/c1-22-14(18)10-5-7-12(8-6-10)16-23-15(19)11-3-2-4-13(9-11)17(20)21/h2-9,16H,1H3. The van der Waals surface area contributed by atoms with Crippen LogP contribution in [-0.2, 0) is 9.57 Å². The fraction of sp³-hybridized carbons (Fsp3) is 0.0667. The first-order valence-corrected chi connectivity index (χ1v) is 6.41. The van der Waals surface area contributed by atoms with E-state index in [1.165, 1.54) is 49.6 Å². The summed E-state index contributed by atoms with van der Waals surface area (Å²) in [5.41, 5.74) is 3.01.